The average Bonchev–Trinajstić information content (AvgIpc) is 3.08. The second-order valence-corrected chi connectivity index (χ2v) is 5.00. The smallest absolute Gasteiger partial charge is 0.303 e. The monoisotopic (exact) mass is 306 g/mol. The van der Waals surface area contributed by atoms with Gasteiger partial charge in [0.2, 0.25) is 0 Å². The fraction of sp³-hybridized carbons (Fsp3) is 0.429. The van der Waals surface area contributed by atoms with Gasteiger partial charge in [0, 0.05) is 25.2 Å². The van der Waals surface area contributed by atoms with E-state index in [1.807, 2.05) is 13.1 Å². The van der Waals surface area contributed by atoms with Crippen LogP contribution in [0.5, 0.6) is 0 Å². The first-order valence-electron chi connectivity index (χ1n) is 6.99. The topological polar surface area (TPSA) is 110 Å². The van der Waals surface area contributed by atoms with Crippen molar-refractivity contribution < 1.29 is 19.2 Å². The zero-order chi connectivity index (χ0) is 15.9. The van der Waals surface area contributed by atoms with Crippen molar-refractivity contribution in [3.8, 4) is 0 Å². The minimum atomic E-state index is -0.832. The van der Waals surface area contributed by atoms with E-state index in [-0.39, 0.29) is 18.0 Å². The molecular weight excluding hydrogens is 288 g/mol. The van der Waals surface area contributed by atoms with Gasteiger partial charge in [-0.3, -0.25) is 14.3 Å². The molecule has 8 nitrogen and oxygen atoms in total. The summed E-state index contributed by atoms with van der Waals surface area (Å²) in [5.74, 6) is -0.623. The van der Waals surface area contributed by atoms with Gasteiger partial charge in [-0.2, -0.15) is 5.10 Å². The summed E-state index contributed by atoms with van der Waals surface area (Å²) in [5.41, 5.74) is 1.25. The van der Waals surface area contributed by atoms with Gasteiger partial charge in [-0.05, 0) is 25.3 Å². The third kappa shape index (κ3) is 4.72. The number of carboxylic acids is 1. The Bertz CT molecular complexity index is 647. The second-order valence-electron chi connectivity index (χ2n) is 5.00. The van der Waals surface area contributed by atoms with Gasteiger partial charge < -0.3 is 14.9 Å². The zero-order valence-electron chi connectivity index (χ0n) is 12.3. The van der Waals surface area contributed by atoms with Crippen molar-refractivity contribution in [1.82, 2.24) is 20.3 Å². The predicted molar refractivity (Wildman–Crippen MR) is 76.4 cm³/mol. The summed E-state index contributed by atoms with van der Waals surface area (Å²) < 4.78 is 6.81. The number of carbonyl (C=O) groups is 2. The molecule has 0 aliphatic heterocycles. The van der Waals surface area contributed by atoms with Crippen LogP contribution in [0.15, 0.2) is 23.0 Å². The maximum Gasteiger partial charge on any atom is 0.303 e. The number of carboxylic acid groups (broad SMARTS) is 1. The number of rotatable bonds is 8. The summed E-state index contributed by atoms with van der Waals surface area (Å²) in [6.45, 7) is 2.76. The average molecular weight is 306 g/mol. The number of carbonyl (C=O) groups excluding carboxylic acids is 1. The van der Waals surface area contributed by atoms with Crippen LogP contribution in [-0.2, 0) is 11.3 Å². The Morgan fingerprint density at radius 3 is 2.91 bits per heavy atom. The first kappa shape index (κ1) is 15.7. The van der Waals surface area contributed by atoms with Gasteiger partial charge in [0.1, 0.15) is 6.54 Å². The lowest BCUT2D eigenvalue weighted by Gasteiger charge is -2.01. The number of nitrogens with one attached hydrogen (secondary N) is 1. The minimum Gasteiger partial charge on any atom is -0.481 e. The largest absolute Gasteiger partial charge is 0.481 e. The van der Waals surface area contributed by atoms with E-state index < -0.39 is 5.97 Å². The first-order valence-corrected chi connectivity index (χ1v) is 6.99. The van der Waals surface area contributed by atoms with E-state index in [9.17, 15) is 9.59 Å². The van der Waals surface area contributed by atoms with E-state index in [1.165, 1.54) is 0 Å². The molecule has 2 N–H and O–H groups in total. The Morgan fingerprint density at radius 1 is 1.41 bits per heavy atom. The Morgan fingerprint density at radius 2 is 2.23 bits per heavy atom. The molecule has 0 spiro atoms. The van der Waals surface area contributed by atoms with Crippen molar-refractivity contribution in [2.75, 3.05) is 6.54 Å². The molecule has 2 heterocycles. The molecule has 22 heavy (non-hydrogen) atoms. The normalized spacial score (nSPS) is 10.6. The van der Waals surface area contributed by atoms with E-state index in [0.29, 0.717) is 31.7 Å². The van der Waals surface area contributed by atoms with Gasteiger partial charge in [-0.25, -0.2) is 0 Å². The Balaban J connectivity index is 1.78. The highest BCUT2D eigenvalue weighted by molar-refractivity contribution is 5.92. The van der Waals surface area contributed by atoms with Crippen molar-refractivity contribution >= 4 is 11.9 Å². The van der Waals surface area contributed by atoms with Crippen LogP contribution in [0.25, 0.3) is 0 Å². The molecule has 0 fully saturated rings. The van der Waals surface area contributed by atoms with Crippen LogP contribution in [0.2, 0.25) is 0 Å². The van der Waals surface area contributed by atoms with Crippen molar-refractivity contribution in [3.05, 3.63) is 35.5 Å². The summed E-state index contributed by atoms with van der Waals surface area (Å²) >= 11 is 0. The van der Waals surface area contributed by atoms with Gasteiger partial charge in [-0.1, -0.05) is 5.16 Å². The van der Waals surface area contributed by atoms with Crippen LogP contribution >= 0.6 is 0 Å². The maximum atomic E-state index is 11.8. The zero-order valence-corrected chi connectivity index (χ0v) is 12.3. The number of unbranched alkanes of at least 4 members (excludes halogenated alkanes) is 1. The molecule has 0 saturated carbocycles. The second kappa shape index (κ2) is 7.39. The van der Waals surface area contributed by atoms with E-state index >= 15 is 0 Å². The van der Waals surface area contributed by atoms with Crippen LogP contribution in [0, 0.1) is 6.92 Å². The minimum absolute atomic E-state index is 0.104. The number of nitrogens with zero attached hydrogens (tertiary/aromatic N) is 3. The van der Waals surface area contributed by atoms with Crippen LogP contribution in [0.3, 0.4) is 0 Å². The third-order valence-corrected chi connectivity index (χ3v) is 2.97. The van der Waals surface area contributed by atoms with Crippen LogP contribution in [0.4, 0.5) is 0 Å². The molecule has 0 radical (unpaired) electrons. The molecule has 0 bridgehead atoms. The van der Waals surface area contributed by atoms with Gasteiger partial charge >= 0.3 is 5.97 Å². The molecule has 0 saturated heterocycles. The first-order chi connectivity index (χ1) is 10.5. The quantitative estimate of drug-likeness (QED) is 0.709. The highest BCUT2D eigenvalue weighted by atomic mass is 16.5. The number of hydrogen-bond donors (Lipinski definition) is 2. The number of amides is 1. The molecule has 118 valence electrons. The van der Waals surface area contributed by atoms with E-state index in [4.69, 9.17) is 9.63 Å². The fourth-order valence-electron chi connectivity index (χ4n) is 1.90. The van der Waals surface area contributed by atoms with Crippen molar-refractivity contribution in [3.63, 3.8) is 0 Å². The van der Waals surface area contributed by atoms with Crippen LogP contribution in [0.1, 0.15) is 41.1 Å². The summed E-state index contributed by atoms with van der Waals surface area (Å²) in [6.07, 6.45) is 4.84. The molecule has 2 rings (SSSR count). The fourth-order valence-corrected chi connectivity index (χ4v) is 1.90. The molecule has 0 aliphatic carbocycles. The Labute approximate surface area is 127 Å². The maximum absolute atomic E-state index is 11.8. The molecule has 0 aliphatic rings. The third-order valence-electron chi connectivity index (χ3n) is 2.97. The van der Waals surface area contributed by atoms with E-state index in [0.717, 1.165) is 5.56 Å². The lowest BCUT2D eigenvalue weighted by molar-refractivity contribution is -0.137. The highest BCUT2D eigenvalue weighted by Gasteiger charge is 2.12. The summed E-state index contributed by atoms with van der Waals surface area (Å²) in [5, 5.41) is 19.0. The molecule has 2 aromatic rings. The Hall–Kier alpha value is -2.64. The van der Waals surface area contributed by atoms with Crippen LogP contribution in [-0.4, -0.2) is 38.5 Å². The molecule has 8 heteroatoms. The molecule has 1 amide bonds. The van der Waals surface area contributed by atoms with Crippen molar-refractivity contribution in [2.45, 2.75) is 32.7 Å². The number of aromatic nitrogens is 3. The summed E-state index contributed by atoms with van der Waals surface area (Å²) in [4.78, 5) is 22.2. The molecule has 0 aromatic carbocycles. The molecule has 0 unspecified atom stereocenters. The number of aliphatic carboxylic acids is 1. The lowest BCUT2D eigenvalue weighted by atomic mass is 10.2. The molecular formula is C14H18N4O4. The van der Waals surface area contributed by atoms with Gasteiger partial charge in [0.05, 0.1) is 6.20 Å². The molecule has 2 aromatic heterocycles. The predicted octanol–water partition coefficient (Wildman–Crippen LogP) is 1.21. The van der Waals surface area contributed by atoms with Crippen molar-refractivity contribution in [1.29, 1.82) is 0 Å². The van der Waals surface area contributed by atoms with Gasteiger partial charge in [0.15, 0.2) is 11.5 Å². The Kier molecular flexibility index (Phi) is 5.29. The standard InChI is InChI=1S/C14H18N4O4/c1-10-7-16-18(8-10)9-11-6-12(17-22-11)14(21)15-5-3-2-4-13(19)20/h6-8H,2-5,9H2,1H3,(H,15,21)(H,19,20). The van der Waals surface area contributed by atoms with E-state index in [1.54, 1.807) is 16.9 Å². The van der Waals surface area contributed by atoms with Gasteiger partial charge in [0.25, 0.3) is 5.91 Å². The van der Waals surface area contributed by atoms with Gasteiger partial charge in [-0.15, -0.1) is 0 Å². The molecule has 0 atom stereocenters. The SMILES string of the molecule is Cc1cnn(Cc2cc(C(=O)NCCCCC(=O)O)no2)c1. The lowest BCUT2D eigenvalue weighted by Crippen LogP contribution is -2.24. The summed E-state index contributed by atoms with van der Waals surface area (Å²) in [6, 6.07) is 1.57. The highest BCUT2D eigenvalue weighted by Crippen LogP contribution is 2.06. The van der Waals surface area contributed by atoms with Crippen molar-refractivity contribution in [2.24, 2.45) is 0 Å². The van der Waals surface area contributed by atoms with Crippen LogP contribution < -0.4 is 5.32 Å². The number of hydrogen-bond acceptors (Lipinski definition) is 5. The number of aryl methyl sites for hydroxylation is 1. The van der Waals surface area contributed by atoms with E-state index in [2.05, 4.69) is 15.6 Å². The summed E-state index contributed by atoms with van der Waals surface area (Å²) in [7, 11) is 0.